The van der Waals surface area contributed by atoms with Crippen LogP contribution in [0.25, 0.3) is 11.1 Å². The largest absolute Gasteiger partial charge is 0.479 e. The Morgan fingerprint density at radius 1 is 1.26 bits per heavy atom. The number of halogens is 2. The van der Waals surface area contributed by atoms with Gasteiger partial charge in [0.15, 0.2) is 23.1 Å². The van der Waals surface area contributed by atoms with Crippen molar-refractivity contribution in [3.05, 3.63) is 64.3 Å². The predicted octanol–water partition coefficient (Wildman–Crippen LogP) is 4.53. The zero-order valence-corrected chi connectivity index (χ0v) is 15.0. The monoisotopic (exact) mass is 390 g/mol. The molecule has 140 valence electrons. The van der Waals surface area contributed by atoms with Crippen molar-refractivity contribution >= 4 is 11.8 Å². The molecular formula is C19H16F2N2O3S. The van der Waals surface area contributed by atoms with Crippen LogP contribution in [-0.2, 0) is 6.61 Å². The number of aromatic amines is 1. The molecule has 27 heavy (non-hydrogen) atoms. The van der Waals surface area contributed by atoms with Crippen LogP contribution < -0.4 is 10.3 Å². The fourth-order valence-corrected chi connectivity index (χ4v) is 4.06. The van der Waals surface area contributed by atoms with Crippen LogP contribution >= 0.6 is 11.8 Å². The minimum Gasteiger partial charge on any atom is -0.479 e. The summed E-state index contributed by atoms with van der Waals surface area (Å²) in [7, 11) is 0. The number of benzene rings is 1. The Hall–Kier alpha value is -2.61. The molecule has 0 spiro atoms. The maximum Gasteiger partial charge on any atom is 0.280 e. The van der Waals surface area contributed by atoms with E-state index in [9.17, 15) is 13.6 Å². The Labute approximate surface area is 157 Å². The minimum absolute atomic E-state index is 0.148. The van der Waals surface area contributed by atoms with Crippen LogP contribution in [0.1, 0.15) is 25.0 Å². The van der Waals surface area contributed by atoms with E-state index < -0.39 is 22.9 Å². The lowest BCUT2D eigenvalue weighted by molar-refractivity contribution is 0.230. The Bertz CT molecular complexity index is 991. The van der Waals surface area contributed by atoms with Crippen LogP contribution in [0, 0.1) is 11.6 Å². The Kier molecular flexibility index (Phi) is 4.98. The summed E-state index contributed by atoms with van der Waals surface area (Å²) in [6.07, 6.45) is 5.15. The van der Waals surface area contributed by atoms with Crippen LogP contribution in [0.3, 0.4) is 0 Å². The number of nitrogens with zero attached hydrogens (tertiary/aromatic N) is 1. The first-order valence-corrected chi connectivity index (χ1v) is 9.39. The molecule has 1 fully saturated rings. The molecule has 0 aliphatic heterocycles. The van der Waals surface area contributed by atoms with Gasteiger partial charge in [0.25, 0.3) is 5.56 Å². The van der Waals surface area contributed by atoms with E-state index >= 15 is 0 Å². The van der Waals surface area contributed by atoms with E-state index in [-0.39, 0.29) is 12.4 Å². The van der Waals surface area contributed by atoms with Gasteiger partial charge in [0.05, 0.1) is 6.07 Å². The number of pyridine rings is 1. The second-order valence-electron chi connectivity index (χ2n) is 6.26. The summed E-state index contributed by atoms with van der Waals surface area (Å²) < 4.78 is 38.9. The summed E-state index contributed by atoms with van der Waals surface area (Å²) in [5.41, 5.74) is 0.647. The van der Waals surface area contributed by atoms with E-state index in [1.54, 1.807) is 30.1 Å². The van der Waals surface area contributed by atoms with Crippen molar-refractivity contribution in [2.75, 3.05) is 0 Å². The minimum atomic E-state index is -0.827. The predicted molar refractivity (Wildman–Crippen MR) is 96.7 cm³/mol. The van der Waals surface area contributed by atoms with Gasteiger partial charge in [-0.3, -0.25) is 4.79 Å². The molecule has 1 aromatic carbocycles. The molecule has 1 aliphatic rings. The van der Waals surface area contributed by atoms with E-state index in [0.717, 1.165) is 23.9 Å². The Morgan fingerprint density at radius 2 is 2.04 bits per heavy atom. The highest BCUT2D eigenvalue weighted by Crippen LogP contribution is 2.40. The molecular weight excluding hydrogens is 374 g/mol. The van der Waals surface area contributed by atoms with E-state index in [2.05, 4.69) is 10.1 Å². The second kappa shape index (κ2) is 7.56. The van der Waals surface area contributed by atoms with Gasteiger partial charge in [-0.05, 0) is 36.6 Å². The normalized spacial score (nSPS) is 14.1. The third kappa shape index (κ3) is 3.90. The van der Waals surface area contributed by atoms with Gasteiger partial charge < -0.3 is 9.26 Å². The standard InChI is InChI=1S/C19H16F2N2O3S/c20-15-7-11(14-5-2-6-22-19(14)27-13-3-1-4-13)8-16(21)18(15)25-10-12-9-17(24)23-26-12/h2,5-9,13H,1,3-4,10H2,(H,23,24). The summed E-state index contributed by atoms with van der Waals surface area (Å²) in [4.78, 5) is 15.4. The molecule has 0 radical (unpaired) electrons. The number of thioether (sulfide) groups is 1. The summed E-state index contributed by atoms with van der Waals surface area (Å²) in [6, 6.07) is 7.16. The zero-order valence-electron chi connectivity index (χ0n) is 14.2. The van der Waals surface area contributed by atoms with Gasteiger partial charge in [0.2, 0.25) is 0 Å². The van der Waals surface area contributed by atoms with Crippen LogP contribution in [0.2, 0.25) is 0 Å². The first-order valence-electron chi connectivity index (χ1n) is 8.51. The van der Waals surface area contributed by atoms with Gasteiger partial charge in [-0.2, -0.15) is 5.16 Å². The average molecular weight is 390 g/mol. The topological polar surface area (TPSA) is 68.1 Å². The molecule has 2 aromatic heterocycles. The first-order chi connectivity index (χ1) is 13.1. The van der Waals surface area contributed by atoms with Crippen molar-refractivity contribution in [1.29, 1.82) is 0 Å². The summed E-state index contributed by atoms with van der Waals surface area (Å²) >= 11 is 1.64. The van der Waals surface area contributed by atoms with Crippen molar-refractivity contribution in [1.82, 2.24) is 10.1 Å². The highest BCUT2D eigenvalue weighted by Gasteiger charge is 2.22. The Morgan fingerprint density at radius 3 is 2.67 bits per heavy atom. The van der Waals surface area contributed by atoms with Crippen molar-refractivity contribution in [3.63, 3.8) is 0 Å². The average Bonchev–Trinajstić information content (AvgIpc) is 3.03. The van der Waals surface area contributed by atoms with Gasteiger partial charge in [-0.15, -0.1) is 11.8 Å². The number of ether oxygens (including phenoxy) is 1. The van der Waals surface area contributed by atoms with Crippen molar-refractivity contribution < 1.29 is 18.0 Å². The molecule has 2 heterocycles. The number of nitrogens with one attached hydrogen (secondary N) is 1. The van der Waals surface area contributed by atoms with E-state index in [0.29, 0.717) is 16.4 Å². The van der Waals surface area contributed by atoms with Gasteiger partial charge in [0, 0.05) is 17.0 Å². The van der Waals surface area contributed by atoms with Gasteiger partial charge in [0.1, 0.15) is 11.6 Å². The first kappa shape index (κ1) is 17.8. The van der Waals surface area contributed by atoms with Crippen molar-refractivity contribution in [2.24, 2.45) is 0 Å². The van der Waals surface area contributed by atoms with E-state index in [1.165, 1.54) is 18.6 Å². The number of rotatable bonds is 6. The molecule has 0 atom stereocenters. The van der Waals surface area contributed by atoms with Gasteiger partial charge in [-0.1, -0.05) is 12.5 Å². The zero-order chi connectivity index (χ0) is 18.8. The van der Waals surface area contributed by atoms with Crippen LogP contribution in [0.5, 0.6) is 5.75 Å². The summed E-state index contributed by atoms with van der Waals surface area (Å²) in [5, 5.41) is 3.36. The molecule has 1 saturated carbocycles. The fraction of sp³-hybridized carbons (Fsp3) is 0.263. The van der Waals surface area contributed by atoms with Gasteiger partial charge in [-0.25, -0.2) is 13.8 Å². The molecule has 1 aliphatic carbocycles. The third-order valence-corrected chi connectivity index (χ3v) is 5.70. The highest BCUT2D eigenvalue weighted by atomic mass is 32.2. The lowest BCUT2D eigenvalue weighted by Crippen LogP contribution is -2.13. The lowest BCUT2D eigenvalue weighted by Gasteiger charge is -2.25. The van der Waals surface area contributed by atoms with Crippen molar-refractivity contribution in [3.8, 4) is 16.9 Å². The molecule has 8 heteroatoms. The molecule has 0 saturated heterocycles. The number of hydrogen-bond donors (Lipinski definition) is 1. The molecule has 0 bridgehead atoms. The molecule has 3 aromatic rings. The SMILES string of the molecule is O=c1cc(COc2c(F)cc(-c3cccnc3SC3CCC3)cc2F)o[nH]1. The number of aromatic nitrogens is 2. The maximum absolute atomic E-state index is 14.5. The second-order valence-corrected chi connectivity index (χ2v) is 7.55. The smallest absolute Gasteiger partial charge is 0.280 e. The molecule has 0 amide bonds. The quantitative estimate of drug-likeness (QED) is 0.670. The number of H-pyrrole nitrogens is 1. The lowest BCUT2D eigenvalue weighted by atomic mass is 10.00. The summed E-state index contributed by atoms with van der Waals surface area (Å²) in [5.74, 6) is -2.02. The van der Waals surface area contributed by atoms with Crippen LogP contribution in [0.4, 0.5) is 8.78 Å². The highest BCUT2D eigenvalue weighted by molar-refractivity contribution is 8.00. The molecule has 1 N–H and O–H groups in total. The molecule has 0 unspecified atom stereocenters. The van der Waals surface area contributed by atoms with E-state index in [4.69, 9.17) is 9.26 Å². The number of hydrogen-bond acceptors (Lipinski definition) is 5. The van der Waals surface area contributed by atoms with Crippen LogP contribution in [0.15, 0.2) is 50.9 Å². The molecule has 5 nitrogen and oxygen atoms in total. The Balaban J connectivity index is 1.59. The molecule has 4 rings (SSSR count). The fourth-order valence-electron chi connectivity index (χ4n) is 2.74. The van der Waals surface area contributed by atoms with Gasteiger partial charge >= 0.3 is 0 Å². The van der Waals surface area contributed by atoms with E-state index in [1.807, 2.05) is 0 Å². The maximum atomic E-state index is 14.5. The summed E-state index contributed by atoms with van der Waals surface area (Å²) in [6.45, 7) is -0.262. The third-order valence-electron chi connectivity index (χ3n) is 4.34. The van der Waals surface area contributed by atoms with Crippen molar-refractivity contribution in [2.45, 2.75) is 36.1 Å². The van der Waals surface area contributed by atoms with Crippen LogP contribution in [-0.4, -0.2) is 15.4 Å².